The van der Waals surface area contributed by atoms with E-state index in [0.29, 0.717) is 18.6 Å². The van der Waals surface area contributed by atoms with Gasteiger partial charge in [0.05, 0.1) is 18.1 Å². The smallest absolute Gasteiger partial charge is 0.253 e. The molecule has 0 saturated carbocycles. The highest BCUT2D eigenvalue weighted by Crippen LogP contribution is 2.27. The van der Waals surface area contributed by atoms with Crippen molar-refractivity contribution in [3.63, 3.8) is 0 Å². The van der Waals surface area contributed by atoms with Crippen molar-refractivity contribution in [1.82, 2.24) is 4.90 Å². The molecule has 1 aromatic carbocycles. The van der Waals surface area contributed by atoms with E-state index in [2.05, 4.69) is 0 Å². The van der Waals surface area contributed by atoms with Gasteiger partial charge >= 0.3 is 0 Å². The molecular formula is C14H17NO4S. The highest BCUT2D eigenvalue weighted by Gasteiger charge is 2.33. The number of amides is 1. The van der Waals surface area contributed by atoms with Crippen molar-refractivity contribution in [2.24, 2.45) is 0 Å². The number of hydrogen-bond donors (Lipinski definition) is 0. The standard InChI is InChI=1S/C14H17NO4S/c1-15(12-5-7-20(17,18)9-12)14(16)11-2-3-13-10(8-11)4-6-19-13/h2-3,8,12H,4-7,9H2,1H3. The Morgan fingerprint density at radius 2 is 2.20 bits per heavy atom. The quantitative estimate of drug-likeness (QED) is 0.812. The molecule has 0 N–H and O–H groups in total. The zero-order chi connectivity index (χ0) is 14.3. The van der Waals surface area contributed by atoms with E-state index in [-0.39, 0.29) is 23.5 Å². The van der Waals surface area contributed by atoms with E-state index in [1.54, 1.807) is 18.0 Å². The molecule has 0 radical (unpaired) electrons. The predicted molar refractivity (Wildman–Crippen MR) is 74.8 cm³/mol. The van der Waals surface area contributed by atoms with E-state index in [0.717, 1.165) is 17.7 Å². The number of carbonyl (C=O) groups is 1. The summed E-state index contributed by atoms with van der Waals surface area (Å²) in [5.41, 5.74) is 1.64. The molecule has 2 aliphatic rings. The Morgan fingerprint density at radius 3 is 2.90 bits per heavy atom. The number of sulfone groups is 1. The Balaban J connectivity index is 1.79. The van der Waals surface area contributed by atoms with Crippen molar-refractivity contribution in [2.45, 2.75) is 18.9 Å². The highest BCUT2D eigenvalue weighted by molar-refractivity contribution is 7.91. The van der Waals surface area contributed by atoms with Crippen LogP contribution in [0.4, 0.5) is 0 Å². The molecule has 1 aromatic rings. The average Bonchev–Trinajstić information content (AvgIpc) is 3.02. The van der Waals surface area contributed by atoms with Crippen molar-refractivity contribution in [3.05, 3.63) is 29.3 Å². The van der Waals surface area contributed by atoms with Crippen LogP contribution < -0.4 is 4.74 Å². The third-order valence-electron chi connectivity index (χ3n) is 4.01. The zero-order valence-corrected chi connectivity index (χ0v) is 12.1. The molecule has 108 valence electrons. The maximum Gasteiger partial charge on any atom is 0.253 e. The highest BCUT2D eigenvalue weighted by atomic mass is 32.2. The Kier molecular flexibility index (Phi) is 3.20. The van der Waals surface area contributed by atoms with Crippen molar-refractivity contribution in [3.8, 4) is 5.75 Å². The summed E-state index contributed by atoms with van der Waals surface area (Å²) in [6, 6.07) is 5.20. The number of nitrogens with zero attached hydrogens (tertiary/aromatic N) is 1. The van der Waals surface area contributed by atoms with Gasteiger partial charge in [-0.1, -0.05) is 0 Å². The van der Waals surface area contributed by atoms with E-state index in [1.165, 1.54) is 0 Å². The van der Waals surface area contributed by atoms with Gasteiger partial charge in [0.15, 0.2) is 9.84 Å². The summed E-state index contributed by atoms with van der Waals surface area (Å²) in [4.78, 5) is 14.0. The van der Waals surface area contributed by atoms with Gasteiger partial charge < -0.3 is 9.64 Å². The van der Waals surface area contributed by atoms with Crippen LogP contribution >= 0.6 is 0 Å². The molecule has 6 heteroatoms. The van der Waals surface area contributed by atoms with Gasteiger partial charge in [-0.05, 0) is 30.2 Å². The molecule has 0 aliphatic carbocycles. The first-order valence-corrected chi connectivity index (χ1v) is 8.52. The summed E-state index contributed by atoms with van der Waals surface area (Å²) in [6.45, 7) is 0.656. The van der Waals surface area contributed by atoms with Gasteiger partial charge in [-0.3, -0.25) is 4.79 Å². The third kappa shape index (κ3) is 2.40. The first-order chi connectivity index (χ1) is 9.46. The largest absolute Gasteiger partial charge is 0.493 e. The average molecular weight is 295 g/mol. The fourth-order valence-corrected chi connectivity index (χ4v) is 4.54. The Labute approximate surface area is 118 Å². The lowest BCUT2D eigenvalue weighted by Crippen LogP contribution is -2.37. The van der Waals surface area contributed by atoms with E-state index < -0.39 is 9.84 Å². The summed E-state index contributed by atoms with van der Waals surface area (Å²) >= 11 is 0. The molecule has 5 nitrogen and oxygen atoms in total. The second-order valence-electron chi connectivity index (χ2n) is 5.39. The minimum atomic E-state index is -2.98. The molecule has 1 unspecified atom stereocenters. The van der Waals surface area contributed by atoms with Crippen molar-refractivity contribution >= 4 is 15.7 Å². The van der Waals surface area contributed by atoms with Crippen LogP contribution in [-0.2, 0) is 16.3 Å². The van der Waals surface area contributed by atoms with Gasteiger partial charge in [-0.25, -0.2) is 8.42 Å². The maximum absolute atomic E-state index is 12.4. The lowest BCUT2D eigenvalue weighted by molar-refractivity contribution is 0.0747. The molecule has 0 spiro atoms. The molecule has 2 heterocycles. The van der Waals surface area contributed by atoms with Crippen LogP contribution in [0.5, 0.6) is 5.75 Å². The van der Waals surface area contributed by atoms with Gasteiger partial charge in [0.2, 0.25) is 0 Å². The van der Waals surface area contributed by atoms with Gasteiger partial charge in [0.25, 0.3) is 5.91 Å². The van der Waals surface area contributed by atoms with Crippen LogP contribution in [0.3, 0.4) is 0 Å². The summed E-state index contributed by atoms with van der Waals surface area (Å²) in [6.07, 6.45) is 1.34. The van der Waals surface area contributed by atoms with E-state index in [9.17, 15) is 13.2 Å². The minimum Gasteiger partial charge on any atom is -0.493 e. The molecule has 1 atom stereocenters. The first kappa shape index (κ1) is 13.4. The van der Waals surface area contributed by atoms with Crippen LogP contribution in [-0.4, -0.2) is 50.4 Å². The number of fused-ring (bicyclic) bond motifs is 1. The second-order valence-corrected chi connectivity index (χ2v) is 7.62. The molecule has 20 heavy (non-hydrogen) atoms. The lowest BCUT2D eigenvalue weighted by atomic mass is 10.1. The lowest BCUT2D eigenvalue weighted by Gasteiger charge is -2.23. The van der Waals surface area contributed by atoms with Crippen molar-refractivity contribution in [2.75, 3.05) is 25.2 Å². The Hall–Kier alpha value is -1.56. The van der Waals surface area contributed by atoms with Gasteiger partial charge in [-0.2, -0.15) is 0 Å². The Morgan fingerprint density at radius 1 is 1.40 bits per heavy atom. The number of rotatable bonds is 2. The van der Waals surface area contributed by atoms with Crippen LogP contribution in [0.15, 0.2) is 18.2 Å². The fraction of sp³-hybridized carbons (Fsp3) is 0.500. The van der Waals surface area contributed by atoms with E-state index >= 15 is 0 Å². The summed E-state index contributed by atoms with van der Waals surface area (Å²) < 4.78 is 28.4. The first-order valence-electron chi connectivity index (χ1n) is 6.69. The molecule has 1 saturated heterocycles. The number of ether oxygens (including phenoxy) is 1. The van der Waals surface area contributed by atoms with Crippen molar-refractivity contribution in [1.29, 1.82) is 0 Å². The van der Waals surface area contributed by atoms with Gasteiger partial charge in [0.1, 0.15) is 5.75 Å². The van der Waals surface area contributed by atoms with Crippen LogP contribution in [0, 0.1) is 0 Å². The molecule has 0 aromatic heterocycles. The second kappa shape index (κ2) is 4.77. The topological polar surface area (TPSA) is 63.7 Å². The number of hydrogen-bond acceptors (Lipinski definition) is 4. The predicted octanol–water partition coefficient (Wildman–Crippen LogP) is 0.881. The Bertz CT molecular complexity index is 653. The van der Waals surface area contributed by atoms with Crippen LogP contribution in [0.2, 0.25) is 0 Å². The van der Waals surface area contributed by atoms with E-state index in [4.69, 9.17) is 4.74 Å². The summed E-state index contributed by atoms with van der Waals surface area (Å²) in [5.74, 6) is 0.964. The minimum absolute atomic E-state index is 0.0727. The van der Waals surface area contributed by atoms with Gasteiger partial charge in [-0.15, -0.1) is 0 Å². The van der Waals surface area contributed by atoms with Crippen LogP contribution in [0.25, 0.3) is 0 Å². The van der Waals surface area contributed by atoms with E-state index in [1.807, 2.05) is 12.1 Å². The van der Waals surface area contributed by atoms with Gasteiger partial charge in [0, 0.05) is 25.1 Å². The third-order valence-corrected chi connectivity index (χ3v) is 5.76. The van der Waals surface area contributed by atoms with Crippen molar-refractivity contribution < 1.29 is 17.9 Å². The number of carbonyl (C=O) groups excluding carboxylic acids is 1. The SMILES string of the molecule is CN(C(=O)c1ccc2c(c1)CCO2)C1CCS(=O)(=O)C1. The maximum atomic E-state index is 12.4. The molecule has 0 bridgehead atoms. The molecular weight excluding hydrogens is 278 g/mol. The number of benzene rings is 1. The van der Waals surface area contributed by atoms with Crippen LogP contribution in [0.1, 0.15) is 22.3 Å². The molecule has 1 amide bonds. The molecule has 1 fully saturated rings. The zero-order valence-electron chi connectivity index (χ0n) is 11.3. The fourth-order valence-electron chi connectivity index (χ4n) is 2.77. The monoisotopic (exact) mass is 295 g/mol. The molecule has 2 aliphatic heterocycles. The molecule has 3 rings (SSSR count). The summed E-state index contributed by atoms with van der Waals surface area (Å²) in [7, 11) is -1.30. The normalized spacial score (nSPS) is 23.1. The summed E-state index contributed by atoms with van der Waals surface area (Å²) in [5, 5.41) is 0.